The summed E-state index contributed by atoms with van der Waals surface area (Å²) in [4.78, 5) is 15.7. The lowest BCUT2D eigenvalue weighted by Gasteiger charge is -2.07. The molecule has 156 valence electrons. The molecule has 0 amide bonds. The van der Waals surface area contributed by atoms with E-state index < -0.39 is 5.97 Å². The first-order chi connectivity index (χ1) is 15.1. The summed E-state index contributed by atoms with van der Waals surface area (Å²) >= 11 is 0. The fourth-order valence-corrected chi connectivity index (χ4v) is 3.29. The second-order valence-corrected chi connectivity index (χ2v) is 6.82. The highest BCUT2D eigenvalue weighted by Crippen LogP contribution is 2.32. The fraction of sp³-hybridized carbons (Fsp3) is 0.125. The predicted octanol–water partition coefficient (Wildman–Crippen LogP) is 3.59. The van der Waals surface area contributed by atoms with Crippen molar-refractivity contribution in [2.24, 2.45) is 0 Å². The molecular formula is C24H19N2O5-. The Morgan fingerprint density at radius 1 is 1.00 bits per heavy atom. The van der Waals surface area contributed by atoms with Gasteiger partial charge in [0.25, 0.3) is 5.89 Å². The zero-order valence-corrected chi connectivity index (χ0v) is 17.0. The van der Waals surface area contributed by atoms with Gasteiger partial charge in [-0.3, -0.25) is 0 Å². The molecule has 0 radical (unpaired) electrons. The minimum absolute atomic E-state index is 0.113. The fourth-order valence-electron chi connectivity index (χ4n) is 3.29. The minimum atomic E-state index is -1.24. The molecule has 7 nitrogen and oxygen atoms in total. The smallest absolute Gasteiger partial charge is 0.254 e. The molecule has 0 aliphatic heterocycles. The van der Waals surface area contributed by atoms with Crippen LogP contribution in [-0.2, 0) is 4.79 Å². The molecule has 0 spiro atoms. The van der Waals surface area contributed by atoms with Crippen molar-refractivity contribution >= 4 is 28.4 Å². The Bertz CT molecular complexity index is 1280. The van der Waals surface area contributed by atoms with Crippen LogP contribution in [0.5, 0.6) is 11.5 Å². The summed E-state index contributed by atoms with van der Waals surface area (Å²) in [5.74, 6) is 0.274. The van der Waals surface area contributed by atoms with Gasteiger partial charge in [0, 0.05) is 23.5 Å². The number of carboxylic acid groups (broad SMARTS) is 1. The number of aliphatic carboxylic acids is 1. The quantitative estimate of drug-likeness (QED) is 0.455. The van der Waals surface area contributed by atoms with Gasteiger partial charge in [0.1, 0.15) is 0 Å². The van der Waals surface area contributed by atoms with E-state index in [1.165, 1.54) is 7.11 Å². The molecule has 0 atom stereocenters. The van der Waals surface area contributed by atoms with Gasteiger partial charge in [0.05, 0.1) is 14.2 Å². The van der Waals surface area contributed by atoms with E-state index in [1.54, 1.807) is 31.4 Å². The van der Waals surface area contributed by atoms with E-state index in [9.17, 15) is 9.90 Å². The number of fused-ring (bicyclic) bond motifs is 1. The number of benzene rings is 3. The first kappa shape index (κ1) is 20.2. The van der Waals surface area contributed by atoms with Crippen molar-refractivity contribution in [3.8, 4) is 22.9 Å². The molecule has 3 aromatic carbocycles. The Morgan fingerprint density at radius 3 is 2.52 bits per heavy atom. The van der Waals surface area contributed by atoms with Crippen LogP contribution in [0.25, 0.3) is 33.8 Å². The van der Waals surface area contributed by atoms with E-state index >= 15 is 0 Å². The summed E-state index contributed by atoms with van der Waals surface area (Å²) in [6.07, 6.45) is 1.36. The molecule has 4 aromatic rings. The van der Waals surface area contributed by atoms with Crippen molar-refractivity contribution in [2.45, 2.75) is 6.42 Å². The van der Waals surface area contributed by atoms with E-state index in [2.05, 4.69) is 10.1 Å². The van der Waals surface area contributed by atoms with Crippen LogP contribution < -0.4 is 14.6 Å². The lowest BCUT2D eigenvalue weighted by molar-refractivity contribution is -0.304. The number of carbonyl (C=O) groups excluding carboxylic acids is 1. The Balaban J connectivity index is 1.71. The second kappa shape index (κ2) is 8.71. The van der Waals surface area contributed by atoms with Crippen LogP contribution in [-0.4, -0.2) is 30.3 Å². The third-order valence-electron chi connectivity index (χ3n) is 4.79. The predicted molar refractivity (Wildman–Crippen MR) is 114 cm³/mol. The molecule has 7 heteroatoms. The third kappa shape index (κ3) is 4.40. The summed E-state index contributed by atoms with van der Waals surface area (Å²) in [6, 6.07) is 19.0. The van der Waals surface area contributed by atoms with Crippen LogP contribution in [0, 0.1) is 0 Å². The van der Waals surface area contributed by atoms with Crippen molar-refractivity contribution in [3.05, 3.63) is 72.1 Å². The summed E-state index contributed by atoms with van der Waals surface area (Å²) in [5, 5.41) is 17.5. The maximum atomic E-state index is 11.3. The van der Waals surface area contributed by atoms with Gasteiger partial charge < -0.3 is 23.9 Å². The average Bonchev–Trinajstić information content (AvgIpc) is 3.28. The molecule has 0 aliphatic rings. The van der Waals surface area contributed by atoms with Crippen LogP contribution in [0.4, 0.5) is 0 Å². The van der Waals surface area contributed by atoms with E-state index in [0.717, 1.165) is 16.3 Å². The summed E-state index contributed by atoms with van der Waals surface area (Å²) in [6.45, 7) is 0. The maximum Gasteiger partial charge on any atom is 0.254 e. The van der Waals surface area contributed by atoms with Crippen molar-refractivity contribution in [1.82, 2.24) is 10.1 Å². The van der Waals surface area contributed by atoms with E-state index in [-0.39, 0.29) is 12.3 Å². The Morgan fingerprint density at radius 2 is 1.77 bits per heavy atom. The molecule has 0 bridgehead atoms. The normalized spacial score (nSPS) is 11.5. The number of rotatable bonds is 7. The Kier molecular flexibility index (Phi) is 5.66. The number of carboxylic acids is 1. The lowest BCUT2D eigenvalue weighted by Crippen LogP contribution is -2.22. The van der Waals surface area contributed by atoms with Gasteiger partial charge in [-0.2, -0.15) is 4.98 Å². The van der Waals surface area contributed by atoms with Gasteiger partial charge in [-0.15, -0.1) is 0 Å². The molecule has 0 aliphatic carbocycles. The highest BCUT2D eigenvalue weighted by atomic mass is 16.5. The van der Waals surface area contributed by atoms with E-state index in [0.29, 0.717) is 28.5 Å². The number of nitrogens with zero attached hydrogens (tertiary/aromatic N) is 2. The van der Waals surface area contributed by atoms with Crippen LogP contribution in [0.2, 0.25) is 0 Å². The number of hydrogen-bond acceptors (Lipinski definition) is 7. The first-order valence-corrected chi connectivity index (χ1v) is 9.53. The average molecular weight is 415 g/mol. The van der Waals surface area contributed by atoms with Crippen LogP contribution in [0.3, 0.4) is 0 Å². The number of carbonyl (C=O) groups is 1. The van der Waals surface area contributed by atoms with Crippen molar-refractivity contribution in [1.29, 1.82) is 0 Å². The zero-order chi connectivity index (χ0) is 21.8. The first-order valence-electron chi connectivity index (χ1n) is 9.53. The van der Waals surface area contributed by atoms with Gasteiger partial charge in [-0.25, -0.2) is 0 Å². The highest BCUT2D eigenvalue weighted by Gasteiger charge is 2.15. The summed E-state index contributed by atoms with van der Waals surface area (Å²) in [7, 11) is 3.08. The monoisotopic (exact) mass is 415 g/mol. The molecule has 4 rings (SSSR count). The molecular weight excluding hydrogens is 396 g/mol. The standard InChI is InChI=1S/C24H20N2O5/c1-29-20-10-9-18(13-21(20)30-2)23-25-24(31-26-23)19(14-22(27)28)12-15-7-8-16-5-3-4-6-17(16)11-15/h3-13H,14H2,1-2H3,(H,27,28)/p-1/b19-12+. The van der Waals surface area contributed by atoms with Gasteiger partial charge >= 0.3 is 0 Å². The molecule has 1 aromatic heterocycles. The molecule has 0 saturated carbocycles. The molecule has 0 unspecified atom stereocenters. The van der Waals surface area contributed by atoms with Crippen LogP contribution >= 0.6 is 0 Å². The van der Waals surface area contributed by atoms with Gasteiger partial charge in [0.2, 0.25) is 5.82 Å². The molecule has 0 saturated heterocycles. The SMILES string of the molecule is COc1ccc(-c2noc(/C(=C/c3ccc4ccccc4c3)CC(=O)[O-])n2)cc1OC. The third-order valence-corrected chi connectivity index (χ3v) is 4.79. The van der Waals surface area contributed by atoms with Gasteiger partial charge in [-0.05, 0) is 46.7 Å². The Labute approximate surface area is 178 Å². The molecule has 31 heavy (non-hydrogen) atoms. The van der Waals surface area contributed by atoms with E-state index in [1.807, 2.05) is 42.5 Å². The van der Waals surface area contributed by atoms with Gasteiger partial charge in [-0.1, -0.05) is 41.6 Å². The van der Waals surface area contributed by atoms with Gasteiger partial charge in [0.15, 0.2) is 11.5 Å². The van der Waals surface area contributed by atoms with Crippen LogP contribution in [0.15, 0.2) is 65.2 Å². The topological polar surface area (TPSA) is 97.5 Å². The molecule has 0 N–H and O–H groups in total. The second-order valence-electron chi connectivity index (χ2n) is 6.82. The molecule has 0 fully saturated rings. The van der Waals surface area contributed by atoms with Crippen molar-refractivity contribution in [3.63, 3.8) is 0 Å². The maximum absolute atomic E-state index is 11.3. The number of methoxy groups -OCH3 is 2. The van der Waals surface area contributed by atoms with Crippen molar-refractivity contribution < 1.29 is 23.9 Å². The lowest BCUT2D eigenvalue weighted by atomic mass is 10.0. The largest absolute Gasteiger partial charge is 0.550 e. The van der Waals surface area contributed by atoms with E-state index in [4.69, 9.17) is 14.0 Å². The van der Waals surface area contributed by atoms with Crippen LogP contribution in [0.1, 0.15) is 17.9 Å². The zero-order valence-electron chi connectivity index (χ0n) is 17.0. The molecule has 1 heterocycles. The summed E-state index contributed by atoms with van der Waals surface area (Å²) in [5.41, 5.74) is 1.82. The number of ether oxygens (including phenoxy) is 2. The summed E-state index contributed by atoms with van der Waals surface area (Å²) < 4.78 is 15.9. The highest BCUT2D eigenvalue weighted by molar-refractivity contribution is 5.91. The number of aromatic nitrogens is 2. The minimum Gasteiger partial charge on any atom is -0.550 e. The number of hydrogen-bond donors (Lipinski definition) is 0. The Hall–Kier alpha value is -4.13. The van der Waals surface area contributed by atoms with Crippen molar-refractivity contribution in [2.75, 3.05) is 14.2 Å².